The summed E-state index contributed by atoms with van der Waals surface area (Å²) in [4.78, 5) is 0. The fourth-order valence-electron chi connectivity index (χ4n) is 1.79. The second-order valence-corrected chi connectivity index (χ2v) is 5.28. The van der Waals surface area contributed by atoms with Gasteiger partial charge >= 0.3 is 0 Å². The van der Waals surface area contributed by atoms with Gasteiger partial charge in [-0.3, -0.25) is 0 Å². The Balaban J connectivity index is 2.95. The zero-order valence-corrected chi connectivity index (χ0v) is 12.1. The Labute approximate surface area is 115 Å². The van der Waals surface area contributed by atoms with Gasteiger partial charge in [-0.2, -0.15) is 0 Å². The van der Waals surface area contributed by atoms with E-state index in [2.05, 4.69) is 15.9 Å². The molecule has 1 rings (SSSR count). The lowest BCUT2D eigenvalue weighted by atomic mass is 9.90. The van der Waals surface area contributed by atoms with Crippen LogP contribution in [0.1, 0.15) is 31.7 Å². The first-order valence-corrected chi connectivity index (χ1v) is 6.58. The third-order valence-corrected chi connectivity index (χ3v) is 3.49. The van der Waals surface area contributed by atoms with Crippen LogP contribution in [-0.4, -0.2) is 23.9 Å². The van der Waals surface area contributed by atoms with Crippen molar-refractivity contribution in [2.45, 2.75) is 31.8 Å². The van der Waals surface area contributed by atoms with Gasteiger partial charge in [0.25, 0.3) is 0 Å². The lowest BCUT2D eigenvalue weighted by molar-refractivity contribution is 0.0432. The van der Waals surface area contributed by atoms with Gasteiger partial charge in [0.05, 0.1) is 17.2 Å². The van der Waals surface area contributed by atoms with Crippen molar-refractivity contribution in [3.05, 3.63) is 28.0 Å². The first kappa shape index (κ1) is 15.4. The van der Waals surface area contributed by atoms with Crippen LogP contribution in [0.15, 0.2) is 16.6 Å². The molecule has 0 heterocycles. The van der Waals surface area contributed by atoms with E-state index in [4.69, 9.17) is 9.84 Å². The molecular formula is C13H18BrFO3. The number of rotatable bonds is 6. The Bertz CT molecular complexity index is 384. The van der Waals surface area contributed by atoms with Crippen molar-refractivity contribution in [2.24, 2.45) is 0 Å². The van der Waals surface area contributed by atoms with E-state index in [1.165, 1.54) is 13.2 Å². The molecule has 3 nitrogen and oxygen atoms in total. The van der Waals surface area contributed by atoms with E-state index in [1.54, 1.807) is 13.0 Å². The summed E-state index contributed by atoms with van der Waals surface area (Å²) in [5.41, 5.74) is -0.629. The van der Waals surface area contributed by atoms with Crippen LogP contribution in [0.25, 0.3) is 0 Å². The number of methoxy groups -OCH3 is 1. The first-order valence-electron chi connectivity index (χ1n) is 5.79. The van der Waals surface area contributed by atoms with Crippen molar-refractivity contribution >= 4 is 15.9 Å². The summed E-state index contributed by atoms with van der Waals surface area (Å²) in [6.45, 7) is 1.73. The molecule has 5 heteroatoms. The summed E-state index contributed by atoms with van der Waals surface area (Å²) in [5.74, 6) is -0.380. The number of hydrogen-bond donors (Lipinski definition) is 2. The maximum Gasteiger partial charge on any atom is 0.168 e. The summed E-state index contributed by atoms with van der Waals surface area (Å²) in [6.07, 6.45) is 1.76. The molecule has 0 saturated heterocycles. The van der Waals surface area contributed by atoms with E-state index < -0.39 is 11.4 Å². The number of ether oxygens (including phenoxy) is 1. The van der Waals surface area contributed by atoms with E-state index in [9.17, 15) is 9.50 Å². The smallest absolute Gasteiger partial charge is 0.168 e. The summed E-state index contributed by atoms with van der Waals surface area (Å²) >= 11 is 3.22. The quantitative estimate of drug-likeness (QED) is 0.792. The molecule has 0 aromatic heterocycles. The van der Waals surface area contributed by atoms with Gasteiger partial charge in [0.15, 0.2) is 11.6 Å². The zero-order chi connectivity index (χ0) is 13.8. The maximum atomic E-state index is 13.7. The van der Waals surface area contributed by atoms with Crippen LogP contribution in [0.5, 0.6) is 5.75 Å². The van der Waals surface area contributed by atoms with Crippen molar-refractivity contribution in [1.82, 2.24) is 0 Å². The third kappa shape index (κ3) is 3.67. The zero-order valence-electron chi connectivity index (χ0n) is 10.5. The molecule has 1 atom stereocenters. The molecule has 1 unspecified atom stereocenters. The van der Waals surface area contributed by atoms with Crippen LogP contribution >= 0.6 is 15.9 Å². The van der Waals surface area contributed by atoms with Gasteiger partial charge in [-0.1, -0.05) is 0 Å². The van der Waals surface area contributed by atoms with Crippen LogP contribution in [-0.2, 0) is 5.60 Å². The molecule has 0 aliphatic heterocycles. The highest BCUT2D eigenvalue weighted by atomic mass is 79.9. The molecule has 0 aliphatic carbocycles. The van der Waals surface area contributed by atoms with E-state index in [0.717, 1.165) is 0 Å². The van der Waals surface area contributed by atoms with Crippen molar-refractivity contribution < 1.29 is 19.3 Å². The van der Waals surface area contributed by atoms with E-state index in [-0.39, 0.29) is 12.4 Å². The van der Waals surface area contributed by atoms with Crippen molar-refractivity contribution in [3.63, 3.8) is 0 Å². The number of aliphatic hydroxyl groups excluding tert-OH is 1. The molecule has 0 radical (unpaired) electrons. The van der Waals surface area contributed by atoms with Gasteiger partial charge < -0.3 is 14.9 Å². The standard InChI is InChI=1S/C13H18BrFO3/c1-13(17,5-3-4-6-16)9-7-10(14)12(18-2)11(15)8-9/h7-8,16-17H,3-6H2,1-2H3. The molecule has 102 valence electrons. The Morgan fingerprint density at radius 3 is 2.56 bits per heavy atom. The molecule has 0 spiro atoms. The highest BCUT2D eigenvalue weighted by molar-refractivity contribution is 9.10. The fraction of sp³-hybridized carbons (Fsp3) is 0.538. The lowest BCUT2D eigenvalue weighted by Gasteiger charge is -2.24. The van der Waals surface area contributed by atoms with Crippen LogP contribution in [0.4, 0.5) is 4.39 Å². The lowest BCUT2D eigenvalue weighted by Crippen LogP contribution is -2.21. The number of unbranched alkanes of at least 4 members (excludes halogenated alkanes) is 1. The Morgan fingerprint density at radius 1 is 1.39 bits per heavy atom. The molecule has 1 aromatic rings. The minimum Gasteiger partial charge on any atom is -0.492 e. The molecule has 0 saturated carbocycles. The third-order valence-electron chi connectivity index (χ3n) is 2.90. The minimum absolute atomic E-state index is 0.0940. The summed E-state index contributed by atoms with van der Waals surface area (Å²) < 4.78 is 19.1. The topological polar surface area (TPSA) is 49.7 Å². The number of hydrogen-bond acceptors (Lipinski definition) is 3. The normalized spacial score (nSPS) is 14.3. The maximum absolute atomic E-state index is 13.7. The van der Waals surface area contributed by atoms with Gasteiger partial charge in [0.2, 0.25) is 0 Å². The number of benzene rings is 1. The SMILES string of the molecule is COc1c(F)cc(C(C)(O)CCCCO)cc1Br. The van der Waals surface area contributed by atoms with Gasteiger partial charge in [-0.15, -0.1) is 0 Å². The second-order valence-electron chi connectivity index (χ2n) is 4.43. The number of halogens is 2. The van der Waals surface area contributed by atoms with Crippen LogP contribution in [0.2, 0.25) is 0 Å². The minimum atomic E-state index is -1.12. The summed E-state index contributed by atoms with van der Waals surface area (Å²) in [5, 5.41) is 19.0. The molecule has 1 aromatic carbocycles. The Hall–Kier alpha value is -0.650. The molecule has 0 fully saturated rings. The van der Waals surface area contributed by atoms with Gasteiger partial charge in [0, 0.05) is 6.61 Å². The molecule has 18 heavy (non-hydrogen) atoms. The van der Waals surface area contributed by atoms with E-state index >= 15 is 0 Å². The van der Waals surface area contributed by atoms with Crippen molar-refractivity contribution in [2.75, 3.05) is 13.7 Å². The predicted molar refractivity (Wildman–Crippen MR) is 71.2 cm³/mol. The molecule has 0 bridgehead atoms. The highest BCUT2D eigenvalue weighted by Gasteiger charge is 2.25. The Morgan fingerprint density at radius 2 is 2.06 bits per heavy atom. The monoisotopic (exact) mass is 320 g/mol. The fourth-order valence-corrected chi connectivity index (χ4v) is 2.39. The number of aliphatic hydroxyl groups is 2. The van der Waals surface area contributed by atoms with Gasteiger partial charge in [-0.05, 0) is 59.8 Å². The van der Waals surface area contributed by atoms with Crippen LogP contribution in [0, 0.1) is 5.82 Å². The predicted octanol–water partition coefficient (Wildman–Crippen LogP) is 2.97. The molecule has 0 amide bonds. The molecule has 0 aliphatic rings. The summed E-state index contributed by atoms with van der Waals surface area (Å²) in [6, 6.07) is 2.93. The second kappa shape index (κ2) is 6.50. The highest BCUT2D eigenvalue weighted by Crippen LogP contribution is 2.35. The van der Waals surface area contributed by atoms with Crippen molar-refractivity contribution in [1.29, 1.82) is 0 Å². The molecular weight excluding hydrogens is 303 g/mol. The molecule has 2 N–H and O–H groups in total. The Kier molecular flexibility index (Phi) is 5.56. The van der Waals surface area contributed by atoms with E-state index in [1.807, 2.05) is 0 Å². The van der Waals surface area contributed by atoms with Crippen molar-refractivity contribution in [3.8, 4) is 5.75 Å². The average Bonchev–Trinajstić information content (AvgIpc) is 2.28. The van der Waals surface area contributed by atoms with Crippen LogP contribution in [0.3, 0.4) is 0 Å². The van der Waals surface area contributed by atoms with E-state index in [0.29, 0.717) is 29.3 Å². The van der Waals surface area contributed by atoms with Crippen LogP contribution < -0.4 is 4.74 Å². The van der Waals surface area contributed by atoms with Gasteiger partial charge in [0.1, 0.15) is 0 Å². The first-order chi connectivity index (χ1) is 8.42. The largest absolute Gasteiger partial charge is 0.492 e. The average molecular weight is 321 g/mol. The summed E-state index contributed by atoms with van der Waals surface area (Å²) in [7, 11) is 1.39. The van der Waals surface area contributed by atoms with Gasteiger partial charge in [-0.25, -0.2) is 4.39 Å².